The van der Waals surface area contributed by atoms with Crippen LogP contribution in [0.1, 0.15) is 31.2 Å². The zero-order valence-electron chi connectivity index (χ0n) is 19.5. The normalized spacial score (nSPS) is 14.9. The van der Waals surface area contributed by atoms with Crippen LogP contribution in [0, 0.1) is 0 Å². The lowest BCUT2D eigenvalue weighted by molar-refractivity contribution is -0.667. The molecule has 8 nitrogen and oxygen atoms in total. The summed E-state index contributed by atoms with van der Waals surface area (Å²) in [6.45, 7) is 2.61. The molecule has 11 heteroatoms. The number of hydrogen-bond donors (Lipinski definition) is 1. The van der Waals surface area contributed by atoms with E-state index in [9.17, 15) is 22.9 Å². The van der Waals surface area contributed by atoms with Crippen molar-refractivity contribution in [1.29, 1.82) is 0 Å². The Morgan fingerprint density at radius 3 is 2.78 bits per heavy atom. The number of rotatable bonds is 10. The van der Waals surface area contributed by atoms with Crippen molar-refractivity contribution in [2.45, 2.75) is 32.7 Å². The van der Waals surface area contributed by atoms with Crippen LogP contribution >= 0.6 is 22.9 Å². The number of carbonyl (C=O) groups is 1. The van der Waals surface area contributed by atoms with Gasteiger partial charge >= 0.3 is 5.97 Å². The first kappa shape index (κ1) is 26.2. The zero-order chi connectivity index (χ0) is 25.9. The Labute approximate surface area is 218 Å². The minimum absolute atomic E-state index is 0.00433. The van der Waals surface area contributed by atoms with Crippen LogP contribution in [0.4, 0.5) is 5.69 Å². The molecule has 0 unspecified atom stereocenters. The Morgan fingerprint density at radius 1 is 1.28 bits per heavy atom. The van der Waals surface area contributed by atoms with Crippen LogP contribution in [0.5, 0.6) is 5.75 Å². The van der Waals surface area contributed by atoms with Gasteiger partial charge < -0.3 is 19.3 Å². The molecule has 0 atom stereocenters. The highest BCUT2D eigenvalue weighted by molar-refractivity contribution is 7.85. The van der Waals surface area contributed by atoms with Gasteiger partial charge in [-0.25, -0.2) is 8.42 Å². The summed E-state index contributed by atoms with van der Waals surface area (Å²) in [4.78, 5) is 13.1. The molecular formula is C25H25ClN2O6S2. The molecular weight excluding hydrogens is 524 g/mol. The van der Waals surface area contributed by atoms with Gasteiger partial charge in [-0.2, -0.15) is 4.57 Å². The highest BCUT2D eigenvalue weighted by Crippen LogP contribution is 2.41. The smallest absolute Gasteiger partial charge is 0.309 e. The first-order valence-electron chi connectivity index (χ1n) is 11.4. The predicted octanol–water partition coefficient (Wildman–Crippen LogP) is 4.79. The molecule has 36 heavy (non-hydrogen) atoms. The number of nitrogens with zero attached hydrogens (tertiary/aromatic N) is 2. The first-order valence-corrected chi connectivity index (χ1v) is 14.2. The summed E-state index contributed by atoms with van der Waals surface area (Å²) in [7, 11) is -4.33. The minimum atomic E-state index is -4.33. The zero-order valence-corrected chi connectivity index (χ0v) is 21.9. The highest BCUT2D eigenvalue weighted by Gasteiger charge is 2.27. The lowest BCUT2D eigenvalue weighted by Gasteiger charge is -2.19. The summed E-state index contributed by atoms with van der Waals surface area (Å²) in [5.41, 5.74) is 2.60. The van der Waals surface area contributed by atoms with Gasteiger partial charge in [-0.3, -0.25) is 4.79 Å². The summed E-state index contributed by atoms with van der Waals surface area (Å²) >= 11 is 7.76. The van der Waals surface area contributed by atoms with E-state index in [2.05, 4.69) is 0 Å². The number of para-hydroxylation sites is 1. The molecule has 1 aliphatic rings. The number of hydrogen-bond acceptors (Lipinski definition) is 7. The third-order valence-electron chi connectivity index (χ3n) is 5.68. The number of aromatic nitrogens is 1. The number of carboxylic acid groups (broad SMARTS) is 1. The largest absolute Gasteiger partial charge is 0.748 e. The van der Waals surface area contributed by atoms with Gasteiger partial charge in [0.2, 0.25) is 11.4 Å². The Morgan fingerprint density at radius 2 is 2.06 bits per heavy atom. The molecule has 1 N–H and O–H groups in total. The van der Waals surface area contributed by atoms with Crippen molar-refractivity contribution in [3.05, 3.63) is 70.0 Å². The number of fused-ring (bicyclic) bond motifs is 2. The second-order valence-electron chi connectivity index (χ2n) is 8.24. The van der Waals surface area contributed by atoms with Crippen LogP contribution in [0.25, 0.3) is 16.3 Å². The first-order chi connectivity index (χ1) is 17.1. The fraction of sp³-hybridized carbons (Fsp3) is 0.280. The third-order valence-corrected chi connectivity index (χ3v) is 7.82. The van der Waals surface area contributed by atoms with Gasteiger partial charge in [-0.05, 0) is 42.7 Å². The molecule has 1 aromatic heterocycles. The standard InChI is InChI=1S/C25H25ClN2O6S2/c1-2-17(15-24-28(12-10-25(29)30)19-6-3-4-7-22(19)35-24)14-23-27(11-5-13-36(31,32)33)20-16-18(26)8-9-21(20)34-23/h3-4,6-9,14-16H,2,5,10-13H2,1H3,(H-,29,30,31,32,33). The number of allylic oxidation sites excluding steroid dienone is 2. The van der Waals surface area contributed by atoms with Crippen LogP contribution < -0.4 is 14.2 Å². The van der Waals surface area contributed by atoms with E-state index < -0.39 is 21.8 Å². The van der Waals surface area contributed by atoms with Crippen LogP contribution in [-0.4, -0.2) is 36.3 Å². The number of anilines is 1. The number of aliphatic carboxylic acids is 1. The maximum atomic E-state index is 11.2. The fourth-order valence-corrected chi connectivity index (χ4v) is 5.79. The number of benzene rings is 2. The van der Waals surface area contributed by atoms with Gasteiger partial charge in [-0.15, -0.1) is 0 Å². The maximum Gasteiger partial charge on any atom is 0.309 e. The van der Waals surface area contributed by atoms with E-state index in [0.717, 1.165) is 20.8 Å². The molecule has 2 aromatic carbocycles. The molecule has 0 fully saturated rings. The molecule has 0 radical (unpaired) electrons. The molecule has 2 heterocycles. The van der Waals surface area contributed by atoms with Crippen molar-refractivity contribution < 1.29 is 32.2 Å². The van der Waals surface area contributed by atoms with Gasteiger partial charge in [0.15, 0.2) is 12.3 Å². The monoisotopic (exact) mass is 548 g/mol. The van der Waals surface area contributed by atoms with Gasteiger partial charge in [0.25, 0.3) is 5.01 Å². The molecule has 0 saturated heterocycles. The van der Waals surface area contributed by atoms with Crippen LogP contribution in [0.15, 0.2) is 60.0 Å². The third kappa shape index (κ3) is 6.25. The van der Waals surface area contributed by atoms with Crippen LogP contribution in [0.2, 0.25) is 5.02 Å². The fourth-order valence-electron chi connectivity index (χ4n) is 3.97. The number of halogens is 1. The van der Waals surface area contributed by atoms with E-state index >= 15 is 0 Å². The van der Waals surface area contributed by atoms with Crippen molar-refractivity contribution >= 4 is 61.0 Å². The average molecular weight is 549 g/mol. The van der Waals surface area contributed by atoms with Crippen LogP contribution in [0.3, 0.4) is 0 Å². The van der Waals surface area contributed by atoms with Crippen LogP contribution in [-0.2, 0) is 21.5 Å². The van der Waals surface area contributed by atoms with E-state index in [1.807, 2.05) is 52.8 Å². The average Bonchev–Trinajstić information content (AvgIpc) is 3.33. The summed E-state index contributed by atoms with van der Waals surface area (Å²) in [6.07, 6.45) is 4.70. The van der Waals surface area contributed by atoms with E-state index in [1.54, 1.807) is 29.5 Å². The van der Waals surface area contributed by atoms with Gasteiger partial charge in [0, 0.05) is 35.5 Å². The molecule has 1 aliphatic heterocycles. The van der Waals surface area contributed by atoms with Gasteiger partial charge in [0.1, 0.15) is 11.1 Å². The van der Waals surface area contributed by atoms with Crippen molar-refractivity contribution in [1.82, 2.24) is 0 Å². The van der Waals surface area contributed by atoms with E-state index in [-0.39, 0.29) is 19.4 Å². The second kappa shape index (κ2) is 11.0. The lowest BCUT2D eigenvalue weighted by Crippen LogP contribution is -2.36. The molecule has 0 bridgehead atoms. The van der Waals surface area contributed by atoms with E-state index in [1.165, 1.54) is 0 Å². The van der Waals surface area contributed by atoms with Gasteiger partial charge in [-0.1, -0.05) is 42.0 Å². The Balaban J connectivity index is 1.70. The second-order valence-corrected chi connectivity index (χ2v) is 11.3. The summed E-state index contributed by atoms with van der Waals surface area (Å²) in [5.74, 6) is -0.252. The Hall–Kier alpha value is -2.92. The van der Waals surface area contributed by atoms with E-state index in [4.69, 9.17) is 16.3 Å². The molecule has 0 spiro atoms. The SMILES string of the molecule is CCC(=Cc1sc2ccccc2[n+]1CCC(=O)O)C=C1Oc2ccc(Cl)cc2N1CCCS(=O)(=O)[O-]. The number of ether oxygens (including phenoxy) is 1. The minimum Gasteiger partial charge on any atom is -0.748 e. The molecule has 0 amide bonds. The molecule has 3 aromatic rings. The predicted molar refractivity (Wildman–Crippen MR) is 139 cm³/mol. The molecule has 0 aliphatic carbocycles. The van der Waals surface area contributed by atoms with Crippen molar-refractivity contribution in [2.24, 2.45) is 0 Å². The Bertz CT molecular complexity index is 1460. The summed E-state index contributed by atoms with van der Waals surface area (Å²) in [5, 5.41) is 10.6. The van der Waals surface area contributed by atoms with Crippen molar-refractivity contribution in [3.63, 3.8) is 0 Å². The quantitative estimate of drug-likeness (QED) is 0.286. The maximum absolute atomic E-state index is 11.2. The van der Waals surface area contributed by atoms with Crippen molar-refractivity contribution in [3.8, 4) is 5.75 Å². The molecule has 4 rings (SSSR count). The van der Waals surface area contributed by atoms with Gasteiger partial charge in [0.05, 0.1) is 15.8 Å². The summed E-state index contributed by atoms with van der Waals surface area (Å²) < 4.78 is 42.5. The van der Waals surface area contributed by atoms with Crippen molar-refractivity contribution in [2.75, 3.05) is 17.2 Å². The number of thiazole rings is 1. The molecule has 0 saturated carbocycles. The molecule has 190 valence electrons. The number of carboxylic acids is 1. The lowest BCUT2D eigenvalue weighted by atomic mass is 10.2. The Kier molecular flexibility index (Phi) is 7.99. The van der Waals surface area contributed by atoms with E-state index in [0.29, 0.717) is 35.3 Å². The number of aryl methyl sites for hydroxylation is 1. The summed E-state index contributed by atoms with van der Waals surface area (Å²) in [6, 6.07) is 13.1. The topological polar surface area (TPSA) is 111 Å². The highest BCUT2D eigenvalue weighted by atomic mass is 35.5.